The third-order valence-corrected chi connectivity index (χ3v) is 7.49. The van der Waals surface area contributed by atoms with Crippen molar-refractivity contribution in [2.45, 2.75) is 32.4 Å². The van der Waals surface area contributed by atoms with Gasteiger partial charge in [-0.3, -0.25) is 13.9 Å². The molecule has 0 aliphatic carbocycles. The highest BCUT2D eigenvalue weighted by atomic mass is 79.9. The van der Waals surface area contributed by atoms with Gasteiger partial charge in [-0.2, -0.15) is 0 Å². The van der Waals surface area contributed by atoms with E-state index in [2.05, 4.69) is 21.2 Å². The Morgan fingerprint density at radius 1 is 0.974 bits per heavy atom. The molecular weight excluding hydrogens is 573 g/mol. The summed E-state index contributed by atoms with van der Waals surface area (Å²) >= 11 is 3.44. The molecule has 3 rings (SSSR count). The lowest BCUT2D eigenvalue weighted by Crippen LogP contribution is -2.53. The maximum atomic E-state index is 13.9. The molecule has 0 aromatic heterocycles. The van der Waals surface area contributed by atoms with Crippen molar-refractivity contribution < 1.29 is 22.4 Å². The molecule has 0 spiro atoms. The Morgan fingerprint density at radius 3 is 2.24 bits per heavy atom. The fraction of sp³-hybridized carbons (Fsp3) is 0.286. The molecule has 0 aliphatic rings. The van der Waals surface area contributed by atoms with Crippen molar-refractivity contribution in [3.05, 3.63) is 100 Å². The molecule has 3 aromatic carbocycles. The quantitative estimate of drug-likeness (QED) is 0.330. The minimum absolute atomic E-state index is 0.0797. The zero-order valence-electron chi connectivity index (χ0n) is 21.3. The third kappa shape index (κ3) is 8.39. The molecule has 10 heteroatoms. The largest absolute Gasteiger partial charge is 0.354 e. The Kier molecular flexibility index (Phi) is 10.4. The van der Waals surface area contributed by atoms with Gasteiger partial charge < -0.3 is 10.2 Å². The number of nitrogens with one attached hydrogen (secondary N) is 1. The maximum Gasteiger partial charge on any atom is 0.244 e. The average molecular weight is 605 g/mol. The minimum Gasteiger partial charge on any atom is -0.354 e. The highest BCUT2D eigenvalue weighted by molar-refractivity contribution is 9.10. The monoisotopic (exact) mass is 603 g/mol. The van der Waals surface area contributed by atoms with Crippen LogP contribution < -0.4 is 9.62 Å². The van der Waals surface area contributed by atoms with E-state index in [1.807, 2.05) is 61.5 Å². The molecule has 1 atom stereocenters. The second-order valence-corrected chi connectivity index (χ2v) is 11.7. The Morgan fingerprint density at radius 2 is 1.63 bits per heavy atom. The van der Waals surface area contributed by atoms with Crippen molar-refractivity contribution >= 4 is 43.5 Å². The Balaban J connectivity index is 2.03. The fourth-order valence-electron chi connectivity index (χ4n) is 3.97. The van der Waals surface area contributed by atoms with Crippen LogP contribution in [0.25, 0.3) is 0 Å². The second-order valence-electron chi connectivity index (χ2n) is 8.89. The molecule has 202 valence electrons. The van der Waals surface area contributed by atoms with Crippen LogP contribution >= 0.6 is 15.9 Å². The summed E-state index contributed by atoms with van der Waals surface area (Å²) in [5, 5.41) is 2.89. The van der Waals surface area contributed by atoms with E-state index in [4.69, 9.17) is 0 Å². The molecule has 0 unspecified atom stereocenters. The van der Waals surface area contributed by atoms with Gasteiger partial charge in [0.2, 0.25) is 21.8 Å². The van der Waals surface area contributed by atoms with E-state index < -0.39 is 34.3 Å². The van der Waals surface area contributed by atoms with Gasteiger partial charge in [0.25, 0.3) is 0 Å². The van der Waals surface area contributed by atoms with Crippen LogP contribution in [0, 0.1) is 5.82 Å². The van der Waals surface area contributed by atoms with E-state index in [1.165, 1.54) is 17.0 Å². The number of carbonyl (C=O) groups is 2. The summed E-state index contributed by atoms with van der Waals surface area (Å²) in [5.41, 5.74) is 1.77. The van der Waals surface area contributed by atoms with Crippen molar-refractivity contribution in [2.75, 3.05) is 23.7 Å². The first kappa shape index (κ1) is 29.3. The SMILES string of the molecule is CCCNC(=O)[C@H](Cc1ccccc1)N(Cc1cccc(Br)c1)C(=O)CN(c1ccc(F)cc1)S(C)(=O)=O. The van der Waals surface area contributed by atoms with Crippen LogP contribution in [0.5, 0.6) is 0 Å². The molecule has 2 amide bonds. The number of anilines is 1. The van der Waals surface area contributed by atoms with Crippen LogP contribution in [-0.4, -0.2) is 50.5 Å². The summed E-state index contributed by atoms with van der Waals surface area (Å²) in [6, 6.07) is 20.7. The summed E-state index contributed by atoms with van der Waals surface area (Å²) in [6.07, 6.45) is 1.94. The highest BCUT2D eigenvalue weighted by Crippen LogP contribution is 2.21. The summed E-state index contributed by atoms with van der Waals surface area (Å²) in [7, 11) is -3.90. The van der Waals surface area contributed by atoms with E-state index >= 15 is 0 Å². The fourth-order valence-corrected chi connectivity index (χ4v) is 5.27. The summed E-state index contributed by atoms with van der Waals surface area (Å²) in [4.78, 5) is 28.7. The molecule has 0 fully saturated rings. The number of rotatable bonds is 12. The molecule has 0 bridgehead atoms. The van der Waals surface area contributed by atoms with E-state index in [1.54, 1.807) is 0 Å². The predicted octanol–water partition coefficient (Wildman–Crippen LogP) is 4.52. The van der Waals surface area contributed by atoms with E-state index in [9.17, 15) is 22.4 Å². The van der Waals surface area contributed by atoms with E-state index in [-0.39, 0.29) is 24.6 Å². The van der Waals surface area contributed by atoms with Crippen LogP contribution in [0.4, 0.5) is 10.1 Å². The van der Waals surface area contributed by atoms with Crippen molar-refractivity contribution in [2.24, 2.45) is 0 Å². The Hall–Kier alpha value is -3.24. The number of amides is 2. The van der Waals surface area contributed by atoms with Gasteiger partial charge in [-0.25, -0.2) is 12.8 Å². The van der Waals surface area contributed by atoms with E-state index in [0.717, 1.165) is 44.7 Å². The topological polar surface area (TPSA) is 86.8 Å². The molecule has 7 nitrogen and oxygen atoms in total. The number of halogens is 2. The number of hydrogen-bond acceptors (Lipinski definition) is 4. The molecule has 0 heterocycles. The Bertz CT molecular complexity index is 1340. The first-order valence-electron chi connectivity index (χ1n) is 12.2. The standard InChI is InChI=1S/C28H31BrFN3O4S/c1-3-16-31-28(35)26(18-21-8-5-4-6-9-21)32(19-22-10-7-11-23(29)17-22)27(34)20-33(38(2,36)37)25-14-12-24(30)13-15-25/h4-15,17,26H,3,16,18-20H2,1-2H3,(H,31,35)/t26-/m0/s1. The molecule has 0 aliphatic heterocycles. The number of sulfonamides is 1. The third-order valence-electron chi connectivity index (χ3n) is 5.86. The van der Waals surface area contributed by atoms with Crippen molar-refractivity contribution in [3.63, 3.8) is 0 Å². The minimum atomic E-state index is -3.90. The van der Waals surface area contributed by atoms with Gasteiger partial charge in [-0.1, -0.05) is 65.3 Å². The van der Waals surface area contributed by atoms with E-state index in [0.29, 0.717) is 6.54 Å². The van der Waals surface area contributed by atoms with Crippen LogP contribution in [0.1, 0.15) is 24.5 Å². The first-order valence-corrected chi connectivity index (χ1v) is 14.8. The van der Waals surface area contributed by atoms with Gasteiger partial charge in [-0.15, -0.1) is 0 Å². The smallest absolute Gasteiger partial charge is 0.244 e. The Labute approximate surface area is 231 Å². The molecule has 3 aromatic rings. The van der Waals surface area contributed by atoms with Gasteiger partial charge in [0, 0.05) is 24.0 Å². The number of hydrogen-bond donors (Lipinski definition) is 1. The molecule has 38 heavy (non-hydrogen) atoms. The summed E-state index contributed by atoms with van der Waals surface area (Å²) in [6.45, 7) is 1.90. The molecular formula is C28H31BrFN3O4S. The second kappa shape index (κ2) is 13.5. The van der Waals surface area contributed by atoms with Gasteiger partial charge >= 0.3 is 0 Å². The predicted molar refractivity (Wildman–Crippen MR) is 151 cm³/mol. The van der Waals surface area contributed by atoms with Crippen LogP contribution in [0.3, 0.4) is 0 Å². The molecule has 0 radical (unpaired) electrons. The summed E-state index contributed by atoms with van der Waals surface area (Å²) in [5.74, 6) is -1.42. The summed E-state index contributed by atoms with van der Waals surface area (Å²) < 4.78 is 40.6. The van der Waals surface area contributed by atoms with Crippen molar-refractivity contribution in [1.82, 2.24) is 10.2 Å². The lowest BCUT2D eigenvalue weighted by atomic mass is 10.0. The zero-order chi connectivity index (χ0) is 27.7. The lowest BCUT2D eigenvalue weighted by Gasteiger charge is -2.33. The highest BCUT2D eigenvalue weighted by Gasteiger charge is 2.33. The van der Waals surface area contributed by atoms with Crippen molar-refractivity contribution in [3.8, 4) is 0 Å². The zero-order valence-corrected chi connectivity index (χ0v) is 23.7. The van der Waals surface area contributed by atoms with Gasteiger partial charge in [0.05, 0.1) is 11.9 Å². The first-order chi connectivity index (χ1) is 18.1. The van der Waals surface area contributed by atoms with Gasteiger partial charge in [0.1, 0.15) is 18.4 Å². The molecule has 0 saturated carbocycles. The maximum absolute atomic E-state index is 13.9. The molecule has 0 saturated heterocycles. The van der Waals surface area contributed by atoms with Crippen LogP contribution in [-0.2, 0) is 32.6 Å². The number of nitrogens with zero attached hydrogens (tertiary/aromatic N) is 2. The van der Waals surface area contributed by atoms with Gasteiger partial charge in [-0.05, 0) is 53.9 Å². The molecule has 1 N–H and O–H groups in total. The lowest BCUT2D eigenvalue weighted by molar-refractivity contribution is -0.140. The average Bonchev–Trinajstić information content (AvgIpc) is 2.88. The van der Waals surface area contributed by atoms with Crippen molar-refractivity contribution in [1.29, 1.82) is 0 Å². The number of benzene rings is 3. The van der Waals surface area contributed by atoms with Crippen LogP contribution in [0.2, 0.25) is 0 Å². The number of carbonyl (C=O) groups excluding carboxylic acids is 2. The van der Waals surface area contributed by atoms with Crippen LogP contribution in [0.15, 0.2) is 83.3 Å². The normalized spacial score (nSPS) is 12.0. The van der Waals surface area contributed by atoms with Gasteiger partial charge in [0.15, 0.2) is 0 Å².